The van der Waals surface area contributed by atoms with Gasteiger partial charge in [0.25, 0.3) is 0 Å². The van der Waals surface area contributed by atoms with Crippen LogP contribution in [0.4, 0.5) is 5.69 Å². The first kappa shape index (κ1) is 7.61. The van der Waals surface area contributed by atoms with E-state index < -0.39 is 0 Å². The van der Waals surface area contributed by atoms with Crippen molar-refractivity contribution in [2.75, 3.05) is 5.73 Å². The third-order valence-corrected chi connectivity index (χ3v) is 1.57. The van der Waals surface area contributed by atoms with Gasteiger partial charge < -0.3 is 5.73 Å². The van der Waals surface area contributed by atoms with Crippen LogP contribution < -0.4 is 5.73 Å². The van der Waals surface area contributed by atoms with Gasteiger partial charge in [-0.05, 0) is 17.2 Å². The smallest absolute Gasteiger partial charge is 0.0393 e. The minimum atomic E-state index is 0.748. The summed E-state index contributed by atoms with van der Waals surface area (Å²) in [7, 11) is 0. The molecule has 0 atom stereocenters. The molecule has 0 aliphatic rings. The Morgan fingerprint density at radius 2 is 1.91 bits per heavy atom. The summed E-state index contributed by atoms with van der Waals surface area (Å²) in [5.74, 6) is 0. The van der Waals surface area contributed by atoms with Gasteiger partial charge in [0, 0.05) is 5.69 Å². The Balaban J connectivity index is 3.18. The summed E-state index contributed by atoms with van der Waals surface area (Å²) in [4.78, 5) is 0. The summed E-state index contributed by atoms with van der Waals surface area (Å²) in [6.07, 6.45) is 3.51. The van der Waals surface area contributed by atoms with E-state index in [0.717, 1.165) is 16.8 Å². The normalized spacial score (nSPS) is 9.09. The molecule has 0 unspecified atom stereocenters. The van der Waals surface area contributed by atoms with E-state index in [9.17, 15) is 0 Å². The van der Waals surface area contributed by atoms with Gasteiger partial charge in [0.05, 0.1) is 0 Å². The maximum absolute atomic E-state index is 5.69. The number of nitrogens with two attached hydrogens (primary N) is 1. The van der Waals surface area contributed by atoms with Crippen molar-refractivity contribution in [3.63, 3.8) is 0 Å². The topological polar surface area (TPSA) is 26.0 Å². The predicted molar refractivity (Wildman–Crippen MR) is 51.0 cm³/mol. The van der Waals surface area contributed by atoms with Gasteiger partial charge in [0.2, 0.25) is 0 Å². The van der Waals surface area contributed by atoms with Crippen LogP contribution in [0.3, 0.4) is 0 Å². The number of hydrogen-bond donors (Lipinski definition) is 1. The van der Waals surface area contributed by atoms with E-state index in [4.69, 9.17) is 5.73 Å². The fraction of sp³-hybridized carbons (Fsp3) is 0. The monoisotopic (exact) mass is 145 g/mol. The molecule has 0 aromatic heterocycles. The fourth-order valence-corrected chi connectivity index (χ4v) is 0.906. The molecule has 11 heavy (non-hydrogen) atoms. The van der Waals surface area contributed by atoms with Gasteiger partial charge in [0.15, 0.2) is 0 Å². The van der Waals surface area contributed by atoms with Crippen molar-refractivity contribution in [3.05, 3.63) is 42.5 Å². The zero-order valence-electron chi connectivity index (χ0n) is 6.38. The summed E-state index contributed by atoms with van der Waals surface area (Å²) in [6.45, 7) is 7.29. The molecule has 0 saturated heterocycles. The van der Waals surface area contributed by atoms with Gasteiger partial charge in [-0.2, -0.15) is 0 Å². The molecule has 0 spiro atoms. The van der Waals surface area contributed by atoms with Crippen molar-refractivity contribution in [2.24, 2.45) is 0 Å². The highest BCUT2D eigenvalue weighted by Crippen LogP contribution is 2.15. The minimum absolute atomic E-state index is 0.748. The van der Waals surface area contributed by atoms with Gasteiger partial charge in [-0.1, -0.05) is 37.4 Å². The third-order valence-electron chi connectivity index (χ3n) is 1.57. The largest absolute Gasteiger partial charge is 0.398 e. The number of benzene rings is 1. The lowest BCUT2D eigenvalue weighted by Crippen LogP contribution is -1.88. The predicted octanol–water partition coefficient (Wildman–Crippen LogP) is 2.55. The van der Waals surface area contributed by atoms with Crippen LogP contribution in [-0.2, 0) is 0 Å². The second-order valence-corrected chi connectivity index (χ2v) is 2.30. The molecule has 0 bridgehead atoms. The molecule has 0 aliphatic heterocycles. The first-order chi connectivity index (χ1) is 5.27. The van der Waals surface area contributed by atoms with E-state index in [2.05, 4.69) is 13.2 Å². The van der Waals surface area contributed by atoms with Crippen LogP contribution in [0.2, 0.25) is 0 Å². The van der Waals surface area contributed by atoms with Crippen LogP contribution in [0.1, 0.15) is 11.1 Å². The number of anilines is 1. The van der Waals surface area contributed by atoms with Crippen LogP contribution in [-0.4, -0.2) is 0 Å². The quantitative estimate of drug-likeness (QED) is 0.636. The first-order valence-electron chi connectivity index (χ1n) is 3.42. The van der Waals surface area contributed by atoms with E-state index in [1.165, 1.54) is 0 Å². The summed E-state index contributed by atoms with van der Waals surface area (Å²) >= 11 is 0. The van der Waals surface area contributed by atoms with Gasteiger partial charge in [-0.25, -0.2) is 0 Å². The molecular weight excluding hydrogens is 134 g/mol. The standard InChI is InChI=1S/C10H11N/c1-3-8-5-6-9(4-2)10(11)7-8/h3-7H,1-2,11H2. The molecule has 1 aromatic rings. The number of hydrogen-bond acceptors (Lipinski definition) is 1. The zero-order valence-corrected chi connectivity index (χ0v) is 6.38. The molecule has 1 heteroatoms. The zero-order chi connectivity index (χ0) is 8.27. The molecule has 56 valence electrons. The van der Waals surface area contributed by atoms with E-state index in [0.29, 0.717) is 0 Å². The molecule has 1 aromatic carbocycles. The number of rotatable bonds is 2. The average Bonchev–Trinajstić information content (AvgIpc) is 2.04. The van der Waals surface area contributed by atoms with Crippen molar-refractivity contribution < 1.29 is 0 Å². The molecule has 1 nitrogen and oxygen atoms in total. The molecule has 0 fully saturated rings. The maximum atomic E-state index is 5.69. The summed E-state index contributed by atoms with van der Waals surface area (Å²) in [5.41, 5.74) is 8.44. The summed E-state index contributed by atoms with van der Waals surface area (Å²) in [5, 5.41) is 0. The van der Waals surface area contributed by atoms with Crippen LogP contribution in [0.15, 0.2) is 31.4 Å². The van der Waals surface area contributed by atoms with Crippen LogP contribution in [0.5, 0.6) is 0 Å². The van der Waals surface area contributed by atoms with E-state index >= 15 is 0 Å². The first-order valence-corrected chi connectivity index (χ1v) is 3.42. The van der Waals surface area contributed by atoms with Gasteiger partial charge in [-0.3, -0.25) is 0 Å². The SMILES string of the molecule is C=Cc1ccc(C=C)c(N)c1. The van der Waals surface area contributed by atoms with Crippen molar-refractivity contribution in [1.29, 1.82) is 0 Å². The lowest BCUT2D eigenvalue weighted by molar-refractivity contribution is 1.61. The molecule has 1 rings (SSSR count). The minimum Gasteiger partial charge on any atom is -0.398 e. The Bertz CT molecular complexity index is 287. The maximum Gasteiger partial charge on any atom is 0.0393 e. The molecule has 0 saturated carbocycles. The fourth-order valence-electron chi connectivity index (χ4n) is 0.906. The Hall–Kier alpha value is -1.50. The molecular formula is C10H11N. The average molecular weight is 145 g/mol. The molecule has 0 aliphatic carbocycles. The molecule has 0 radical (unpaired) electrons. The van der Waals surface area contributed by atoms with E-state index in [1.807, 2.05) is 18.2 Å². The Labute approximate surface area is 66.9 Å². The second-order valence-electron chi connectivity index (χ2n) is 2.30. The number of nitrogen functional groups attached to an aromatic ring is 1. The van der Waals surface area contributed by atoms with Crippen molar-refractivity contribution >= 4 is 17.8 Å². The highest BCUT2D eigenvalue weighted by Gasteiger charge is 1.93. The summed E-state index contributed by atoms with van der Waals surface area (Å²) < 4.78 is 0. The van der Waals surface area contributed by atoms with Gasteiger partial charge >= 0.3 is 0 Å². The van der Waals surface area contributed by atoms with Crippen LogP contribution >= 0.6 is 0 Å². The lowest BCUT2D eigenvalue weighted by Gasteiger charge is -2.00. The highest BCUT2D eigenvalue weighted by atomic mass is 14.6. The second kappa shape index (κ2) is 3.06. The van der Waals surface area contributed by atoms with Gasteiger partial charge in [0.1, 0.15) is 0 Å². The summed E-state index contributed by atoms with van der Waals surface area (Å²) in [6, 6.07) is 5.77. The Morgan fingerprint density at radius 1 is 1.18 bits per heavy atom. The van der Waals surface area contributed by atoms with Crippen LogP contribution in [0, 0.1) is 0 Å². The van der Waals surface area contributed by atoms with Gasteiger partial charge in [-0.15, -0.1) is 0 Å². The lowest BCUT2D eigenvalue weighted by atomic mass is 10.1. The van der Waals surface area contributed by atoms with Crippen LogP contribution in [0.25, 0.3) is 12.2 Å². The molecule has 0 amide bonds. The van der Waals surface area contributed by atoms with E-state index in [-0.39, 0.29) is 0 Å². The van der Waals surface area contributed by atoms with Crippen molar-refractivity contribution in [2.45, 2.75) is 0 Å². The third kappa shape index (κ3) is 1.49. The Kier molecular flexibility index (Phi) is 2.12. The molecule has 0 heterocycles. The van der Waals surface area contributed by atoms with Crippen molar-refractivity contribution in [1.82, 2.24) is 0 Å². The van der Waals surface area contributed by atoms with E-state index in [1.54, 1.807) is 12.2 Å². The molecule has 2 N–H and O–H groups in total. The van der Waals surface area contributed by atoms with Crippen molar-refractivity contribution in [3.8, 4) is 0 Å². The highest BCUT2D eigenvalue weighted by molar-refractivity contribution is 5.67. The Morgan fingerprint density at radius 3 is 2.36 bits per heavy atom.